The Hall–Kier alpha value is -1.55. The highest BCUT2D eigenvalue weighted by atomic mass is 32.1. The molecule has 98 valence electrons. The maximum absolute atomic E-state index is 12.5. The summed E-state index contributed by atoms with van der Waals surface area (Å²) < 4.78 is 0. The number of rotatable bonds is 1. The van der Waals surface area contributed by atoms with Gasteiger partial charge in [0.15, 0.2) is 0 Å². The highest BCUT2D eigenvalue weighted by molar-refractivity contribution is 7.80. The Balaban J connectivity index is 1.86. The van der Waals surface area contributed by atoms with Crippen LogP contribution in [-0.2, 0) is 11.2 Å². The zero-order chi connectivity index (χ0) is 13.4. The number of thiocarbonyl (C=S) groups is 1. The number of nitrogens with zero attached hydrogens (tertiary/aromatic N) is 1. The average molecular weight is 273 g/mol. The Morgan fingerprint density at radius 3 is 2.74 bits per heavy atom. The van der Waals surface area contributed by atoms with Crippen LogP contribution < -0.4 is 0 Å². The van der Waals surface area contributed by atoms with E-state index >= 15 is 0 Å². The minimum atomic E-state index is -0.0337. The molecular formula is C15H15NO2S. The molecule has 0 radical (unpaired) electrons. The second kappa shape index (κ2) is 4.85. The number of ketones is 1. The third kappa shape index (κ3) is 2.21. The molecule has 1 unspecified atom stereocenters. The van der Waals surface area contributed by atoms with Crippen molar-refractivity contribution in [3.63, 3.8) is 0 Å². The molecule has 1 heterocycles. The third-order valence-corrected chi connectivity index (χ3v) is 4.36. The highest BCUT2D eigenvalue weighted by Gasteiger charge is 2.34. The number of hydrogen-bond acceptors (Lipinski definition) is 3. The zero-order valence-corrected chi connectivity index (χ0v) is 11.4. The Bertz CT molecular complexity index is 567. The summed E-state index contributed by atoms with van der Waals surface area (Å²) in [5, 5.41) is 0. The first-order chi connectivity index (χ1) is 9.16. The van der Waals surface area contributed by atoms with Crippen LogP contribution in [0.1, 0.15) is 35.2 Å². The summed E-state index contributed by atoms with van der Waals surface area (Å²) in [6, 6.07) is 7.71. The van der Waals surface area contributed by atoms with Crippen LogP contribution in [-0.4, -0.2) is 34.0 Å². The van der Waals surface area contributed by atoms with Crippen LogP contribution in [0.2, 0.25) is 0 Å². The molecule has 3 rings (SSSR count). The minimum Gasteiger partial charge on any atom is -0.331 e. The lowest BCUT2D eigenvalue weighted by atomic mass is 9.90. The van der Waals surface area contributed by atoms with Crippen LogP contribution in [0.25, 0.3) is 0 Å². The fourth-order valence-corrected chi connectivity index (χ4v) is 3.34. The van der Waals surface area contributed by atoms with Crippen LogP contribution >= 0.6 is 12.2 Å². The Morgan fingerprint density at radius 2 is 1.95 bits per heavy atom. The number of carbonyl (C=O) groups excluding carboxylic acids is 2. The summed E-state index contributed by atoms with van der Waals surface area (Å²) >= 11 is 5.32. The maximum Gasteiger partial charge on any atom is 0.254 e. The normalized spacial score (nSPS) is 23.5. The predicted octanol–water partition coefficient (Wildman–Crippen LogP) is 2.18. The van der Waals surface area contributed by atoms with Crippen LogP contribution in [0.5, 0.6) is 0 Å². The summed E-state index contributed by atoms with van der Waals surface area (Å²) in [7, 11) is 0. The number of benzene rings is 1. The Kier molecular flexibility index (Phi) is 3.19. The molecule has 1 fully saturated rings. The summed E-state index contributed by atoms with van der Waals surface area (Å²) in [6.45, 7) is 0.703. The first-order valence-electron chi connectivity index (χ1n) is 6.60. The second-order valence-electron chi connectivity index (χ2n) is 5.14. The quantitative estimate of drug-likeness (QED) is 0.736. The van der Waals surface area contributed by atoms with Gasteiger partial charge >= 0.3 is 0 Å². The van der Waals surface area contributed by atoms with Gasteiger partial charge in [-0.1, -0.05) is 30.4 Å². The smallest absolute Gasteiger partial charge is 0.254 e. The topological polar surface area (TPSA) is 37.4 Å². The van der Waals surface area contributed by atoms with Crippen molar-refractivity contribution in [2.75, 3.05) is 6.54 Å². The van der Waals surface area contributed by atoms with E-state index in [9.17, 15) is 9.59 Å². The Labute approximate surface area is 117 Å². The molecule has 0 aromatic heterocycles. The van der Waals surface area contributed by atoms with Gasteiger partial charge in [0.25, 0.3) is 5.91 Å². The van der Waals surface area contributed by atoms with E-state index < -0.39 is 0 Å². The molecule has 1 atom stereocenters. The van der Waals surface area contributed by atoms with Gasteiger partial charge in [-0.2, -0.15) is 0 Å². The molecule has 19 heavy (non-hydrogen) atoms. The van der Waals surface area contributed by atoms with Gasteiger partial charge in [0.2, 0.25) is 0 Å². The summed E-state index contributed by atoms with van der Waals surface area (Å²) in [6.07, 6.45) is 2.45. The van der Waals surface area contributed by atoms with Gasteiger partial charge < -0.3 is 4.90 Å². The molecule has 3 nitrogen and oxygen atoms in total. The molecule has 0 N–H and O–H groups in total. The second-order valence-corrected chi connectivity index (χ2v) is 5.67. The van der Waals surface area contributed by atoms with Crippen molar-refractivity contribution in [1.29, 1.82) is 0 Å². The van der Waals surface area contributed by atoms with Crippen molar-refractivity contribution in [2.45, 2.75) is 31.7 Å². The first kappa shape index (κ1) is 12.5. The van der Waals surface area contributed by atoms with Crippen molar-refractivity contribution >= 4 is 28.8 Å². The number of hydrogen-bond donors (Lipinski definition) is 0. The highest BCUT2D eigenvalue weighted by Crippen LogP contribution is 2.25. The predicted molar refractivity (Wildman–Crippen MR) is 76.4 cm³/mol. The van der Waals surface area contributed by atoms with E-state index in [0.717, 1.165) is 22.4 Å². The lowest BCUT2D eigenvalue weighted by Gasteiger charge is -2.37. The molecule has 1 amide bonds. The molecule has 1 aliphatic heterocycles. The standard InChI is InChI=1S/C15H15NO2S/c17-11-5-6-13(14(19)9-11)16-8-7-10-3-1-2-4-12(10)15(16)18/h1-4,13H,5-9H2. The molecule has 1 saturated carbocycles. The summed E-state index contributed by atoms with van der Waals surface area (Å²) in [5.41, 5.74) is 1.90. The maximum atomic E-state index is 12.5. The van der Waals surface area contributed by atoms with Gasteiger partial charge in [-0.05, 0) is 24.5 Å². The average Bonchev–Trinajstić information content (AvgIpc) is 2.41. The van der Waals surface area contributed by atoms with Crippen LogP contribution in [0.15, 0.2) is 24.3 Å². The molecule has 0 spiro atoms. The van der Waals surface area contributed by atoms with E-state index in [1.165, 1.54) is 0 Å². The van der Waals surface area contributed by atoms with Gasteiger partial charge in [0, 0.05) is 29.8 Å². The van der Waals surface area contributed by atoms with Gasteiger partial charge in [-0.15, -0.1) is 0 Å². The number of Topliss-reactive ketones (excluding diaryl/α,β-unsaturated/α-hetero) is 1. The van der Waals surface area contributed by atoms with Crippen LogP contribution in [0.3, 0.4) is 0 Å². The van der Waals surface area contributed by atoms with Crippen molar-refractivity contribution in [1.82, 2.24) is 4.90 Å². The molecule has 4 heteroatoms. The van der Waals surface area contributed by atoms with E-state index in [0.29, 0.717) is 25.8 Å². The fraction of sp³-hybridized carbons (Fsp3) is 0.400. The minimum absolute atomic E-state index is 0.0337. The third-order valence-electron chi connectivity index (χ3n) is 3.95. The summed E-state index contributed by atoms with van der Waals surface area (Å²) in [4.78, 5) is 26.5. The molecule has 2 aliphatic rings. The number of carbonyl (C=O) groups is 2. The van der Waals surface area contributed by atoms with E-state index in [2.05, 4.69) is 0 Å². The first-order valence-corrected chi connectivity index (χ1v) is 7.01. The van der Waals surface area contributed by atoms with Gasteiger partial charge in [-0.3, -0.25) is 9.59 Å². The van der Waals surface area contributed by atoms with Crippen molar-refractivity contribution in [3.05, 3.63) is 35.4 Å². The lowest BCUT2D eigenvalue weighted by Crippen LogP contribution is -2.50. The molecular weight excluding hydrogens is 258 g/mol. The lowest BCUT2D eigenvalue weighted by molar-refractivity contribution is -0.118. The number of fused-ring (bicyclic) bond motifs is 1. The van der Waals surface area contributed by atoms with Crippen molar-refractivity contribution in [2.24, 2.45) is 0 Å². The van der Waals surface area contributed by atoms with E-state index in [4.69, 9.17) is 12.2 Å². The van der Waals surface area contributed by atoms with E-state index in [1.807, 2.05) is 29.2 Å². The van der Waals surface area contributed by atoms with Crippen LogP contribution in [0.4, 0.5) is 0 Å². The zero-order valence-electron chi connectivity index (χ0n) is 10.6. The van der Waals surface area contributed by atoms with Crippen molar-refractivity contribution in [3.8, 4) is 0 Å². The van der Waals surface area contributed by atoms with Gasteiger partial charge in [0.05, 0.1) is 6.04 Å². The molecule has 1 aliphatic carbocycles. The number of amides is 1. The van der Waals surface area contributed by atoms with E-state index in [-0.39, 0.29) is 17.7 Å². The monoisotopic (exact) mass is 273 g/mol. The fourth-order valence-electron chi connectivity index (χ4n) is 2.93. The van der Waals surface area contributed by atoms with Gasteiger partial charge in [0.1, 0.15) is 5.78 Å². The largest absolute Gasteiger partial charge is 0.331 e. The Morgan fingerprint density at radius 1 is 1.16 bits per heavy atom. The summed E-state index contributed by atoms with van der Waals surface area (Å²) in [5.74, 6) is 0.259. The molecule has 1 aromatic carbocycles. The molecule has 0 saturated heterocycles. The SMILES string of the molecule is O=C1CCC(N2CCc3ccccc3C2=O)C(=S)C1. The van der Waals surface area contributed by atoms with E-state index in [1.54, 1.807) is 0 Å². The van der Waals surface area contributed by atoms with Crippen molar-refractivity contribution < 1.29 is 9.59 Å². The molecule has 0 bridgehead atoms. The van der Waals surface area contributed by atoms with Gasteiger partial charge in [-0.25, -0.2) is 0 Å². The van der Waals surface area contributed by atoms with Crippen LogP contribution in [0, 0.1) is 0 Å². The molecule has 1 aromatic rings.